The molecule has 1 saturated heterocycles. The molecule has 4 heterocycles. The number of H-pyrrole nitrogens is 1. The molecule has 1 saturated carbocycles. The second kappa shape index (κ2) is 8.67. The molecule has 5 rings (SSSR count). The minimum Gasteiger partial charge on any atom is -0.368 e. The molecule has 2 aromatic rings. The van der Waals surface area contributed by atoms with Crippen LogP contribution in [0.25, 0.3) is 0 Å². The van der Waals surface area contributed by atoms with Crippen LogP contribution in [0.4, 0.5) is 17.3 Å². The van der Waals surface area contributed by atoms with Gasteiger partial charge in [0, 0.05) is 44.0 Å². The van der Waals surface area contributed by atoms with E-state index in [4.69, 9.17) is 11.4 Å². The van der Waals surface area contributed by atoms with Gasteiger partial charge in [0.1, 0.15) is 11.6 Å². The summed E-state index contributed by atoms with van der Waals surface area (Å²) in [5.74, 6) is 4.08. The van der Waals surface area contributed by atoms with Crippen molar-refractivity contribution in [1.29, 1.82) is 0 Å². The van der Waals surface area contributed by atoms with Gasteiger partial charge in [-0.3, -0.25) is 4.79 Å². The van der Waals surface area contributed by atoms with Gasteiger partial charge in [0.15, 0.2) is 6.29 Å². The van der Waals surface area contributed by atoms with Gasteiger partial charge in [-0.15, -0.1) is 6.42 Å². The zero-order chi connectivity index (χ0) is 22.1. The van der Waals surface area contributed by atoms with Crippen LogP contribution in [-0.4, -0.2) is 54.7 Å². The molecule has 2 fully saturated rings. The number of nitrogens with one attached hydrogen (secondary N) is 3. The lowest BCUT2D eigenvalue weighted by molar-refractivity contribution is 0.537. The molecule has 1 aliphatic carbocycles. The van der Waals surface area contributed by atoms with Crippen LogP contribution in [0.3, 0.4) is 0 Å². The van der Waals surface area contributed by atoms with Gasteiger partial charge in [-0.05, 0) is 37.5 Å². The Kier molecular flexibility index (Phi) is 5.58. The molecule has 2 aliphatic heterocycles. The summed E-state index contributed by atoms with van der Waals surface area (Å²) in [6.07, 6.45) is 13.5. The first-order valence-electron chi connectivity index (χ1n) is 11.4. The molecule has 0 radical (unpaired) electrons. The Hall–Kier alpha value is -3.31. The zero-order valence-electron chi connectivity index (χ0n) is 18.4. The molecule has 3 aliphatic rings. The van der Waals surface area contributed by atoms with E-state index in [9.17, 15) is 4.79 Å². The number of hydrogen-bond donors (Lipinski definition) is 3. The molecule has 1 atom stereocenters. The third-order valence-electron chi connectivity index (χ3n) is 6.73. The molecule has 0 spiro atoms. The number of pyridine rings is 2. The van der Waals surface area contributed by atoms with Crippen molar-refractivity contribution < 1.29 is 0 Å². The molecule has 166 valence electrons. The van der Waals surface area contributed by atoms with Gasteiger partial charge in [-0.1, -0.05) is 18.8 Å². The number of fused-ring (bicyclic) bond motifs is 1. The predicted molar refractivity (Wildman–Crippen MR) is 129 cm³/mol. The summed E-state index contributed by atoms with van der Waals surface area (Å²) < 4.78 is 0. The molecule has 2 aromatic heterocycles. The fraction of sp³-hybridized carbons (Fsp3) is 0.458. The van der Waals surface area contributed by atoms with Gasteiger partial charge < -0.3 is 25.4 Å². The fourth-order valence-electron chi connectivity index (χ4n) is 4.98. The molecule has 8 nitrogen and oxygen atoms in total. The lowest BCUT2D eigenvalue weighted by atomic mass is 10.0. The van der Waals surface area contributed by atoms with Gasteiger partial charge in [0.2, 0.25) is 0 Å². The molecular weight excluding hydrogens is 402 g/mol. The average molecular weight is 432 g/mol. The highest BCUT2D eigenvalue weighted by Gasteiger charge is 2.34. The van der Waals surface area contributed by atoms with Gasteiger partial charge in [-0.2, -0.15) is 0 Å². The van der Waals surface area contributed by atoms with E-state index >= 15 is 0 Å². The SMILES string of the molecule is C#Cc1c(C)c2c([nH]c1=O)N(C1CCCC1)C(Nc1ccc(N3CCNCC3)cn1)N=C2. The Labute approximate surface area is 188 Å². The highest BCUT2D eigenvalue weighted by Crippen LogP contribution is 2.34. The Balaban J connectivity index is 1.44. The normalized spacial score (nSPS) is 20.8. The second-order valence-electron chi connectivity index (χ2n) is 8.64. The van der Waals surface area contributed by atoms with Crippen molar-refractivity contribution in [2.45, 2.75) is 44.9 Å². The predicted octanol–water partition coefficient (Wildman–Crippen LogP) is 2.05. The van der Waals surface area contributed by atoms with Gasteiger partial charge in [0.05, 0.1) is 17.4 Å². The fourth-order valence-corrected chi connectivity index (χ4v) is 4.98. The van der Waals surface area contributed by atoms with Crippen LogP contribution >= 0.6 is 0 Å². The highest BCUT2D eigenvalue weighted by molar-refractivity contribution is 5.91. The van der Waals surface area contributed by atoms with Crippen molar-refractivity contribution in [3.63, 3.8) is 0 Å². The molecule has 0 amide bonds. The number of aliphatic imine (C=N–C) groups is 1. The zero-order valence-corrected chi connectivity index (χ0v) is 18.4. The smallest absolute Gasteiger partial charge is 0.265 e. The molecule has 32 heavy (non-hydrogen) atoms. The Morgan fingerprint density at radius 3 is 2.69 bits per heavy atom. The summed E-state index contributed by atoms with van der Waals surface area (Å²) in [4.78, 5) is 29.7. The number of rotatable bonds is 4. The topological polar surface area (TPSA) is 88.7 Å². The average Bonchev–Trinajstić information content (AvgIpc) is 3.35. The van der Waals surface area contributed by atoms with E-state index in [1.165, 1.54) is 12.8 Å². The van der Waals surface area contributed by atoms with E-state index in [1.54, 1.807) is 0 Å². The lowest BCUT2D eigenvalue weighted by Gasteiger charge is -2.39. The summed E-state index contributed by atoms with van der Waals surface area (Å²) in [6, 6.07) is 4.41. The van der Waals surface area contributed by atoms with Crippen molar-refractivity contribution in [2.75, 3.05) is 41.3 Å². The minimum absolute atomic E-state index is 0.223. The van der Waals surface area contributed by atoms with E-state index in [-0.39, 0.29) is 11.8 Å². The quantitative estimate of drug-likeness (QED) is 0.642. The van der Waals surface area contributed by atoms with Gasteiger partial charge in [0.25, 0.3) is 5.56 Å². The van der Waals surface area contributed by atoms with Gasteiger partial charge >= 0.3 is 0 Å². The lowest BCUT2D eigenvalue weighted by Crippen LogP contribution is -2.49. The van der Waals surface area contributed by atoms with Gasteiger partial charge in [-0.25, -0.2) is 9.98 Å². The number of terminal acetylenes is 1. The van der Waals surface area contributed by atoms with Crippen molar-refractivity contribution in [3.8, 4) is 12.3 Å². The van der Waals surface area contributed by atoms with Crippen molar-refractivity contribution >= 4 is 23.5 Å². The number of aromatic nitrogens is 2. The van der Waals surface area contributed by atoms with E-state index in [0.717, 1.165) is 67.5 Å². The van der Waals surface area contributed by atoms with E-state index in [2.05, 4.69) is 42.4 Å². The Morgan fingerprint density at radius 1 is 1.22 bits per heavy atom. The van der Waals surface area contributed by atoms with E-state index in [0.29, 0.717) is 11.6 Å². The van der Waals surface area contributed by atoms with Crippen LogP contribution < -0.4 is 26.0 Å². The number of hydrogen-bond acceptors (Lipinski definition) is 7. The third kappa shape index (κ3) is 3.73. The number of piperazine rings is 1. The largest absolute Gasteiger partial charge is 0.368 e. The van der Waals surface area contributed by atoms with Crippen molar-refractivity contribution in [3.05, 3.63) is 45.4 Å². The standard InChI is InChI=1S/C24H29N7O/c1-3-19-16(2)20-15-27-24(31(17-6-4-5-7-17)22(20)29-23(19)32)28-21-9-8-18(14-26-21)30-12-10-25-11-13-30/h1,8-9,14-15,17,24-25H,4-7,10-13H2,2H3,(H,26,28)(H,29,32). The first-order valence-corrected chi connectivity index (χ1v) is 11.4. The first-order chi connectivity index (χ1) is 15.7. The summed E-state index contributed by atoms with van der Waals surface area (Å²) in [5.41, 5.74) is 2.97. The summed E-state index contributed by atoms with van der Waals surface area (Å²) in [6.45, 7) is 5.85. The van der Waals surface area contributed by atoms with Crippen LogP contribution in [0.1, 0.15) is 42.4 Å². The summed E-state index contributed by atoms with van der Waals surface area (Å²) in [5, 5.41) is 6.84. The van der Waals surface area contributed by atoms with Crippen LogP contribution in [0, 0.1) is 19.3 Å². The third-order valence-corrected chi connectivity index (χ3v) is 6.73. The molecule has 0 aromatic carbocycles. The van der Waals surface area contributed by atoms with E-state index in [1.807, 2.05) is 25.4 Å². The summed E-state index contributed by atoms with van der Waals surface area (Å²) in [7, 11) is 0. The number of nitrogens with zero attached hydrogens (tertiary/aromatic N) is 4. The van der Waals surface area contributed by atoms with Crippen LogP contribution in [0.2, 0.25) is 0 Å². The molecule has 8 heteroatoms. The number of aromatic amines is 1. The van der Waals surface area contributed by atoms with Crippen LogP contribution in [0.5, 0.6) is 0 Å². The Morgan fingerprint density at radius 2 is 2.00 bits per heavy atom. The monoisotopic (exact) mass is 431 g/mol. The van der Waals surface area contributed by atoms with E-state index < -0.39 is 0 Å². The molecule has 0 bridgehead atoms. The van der Waals surface area contributed by atoms with Crippen molar-refractivity contribution in [2.24, 2.45) is 4.99 Å². The minimum atomic E-state index is -0.338. The molecule has 3 N–H and O–H groups in total. The van der Waals surface area contributed by atoms with Crippen LogP contribution in [0.15, 0.2) is 28.1 Å². The summed E-state index contributed by atoms with van der Waals surface area (Å²) >= 11 is 0. The maximum atomic E-state index is 12.6. The number of anilines is 3. The van der Waals surface area contributed by atoms with Crippen molar-refractivity contribution in [1.82, 2.24) is 15.3 Å². The highest BCUT2D eigenvalue weighted by atomic mass is 16.1. The maximum Gasteiger partial charge on any atom is 0.265 e. The van der Waals surface area contributed by atoms with Crippen LogP contribution in [-0.2, 0) is 0 Å². The molecule has 1 unspecified atom stereocenters. The molecular formula is C24H29N7O. The first kappa shape index (κ1) is 20.6. The Bertz CT molecular complexity index is 1100. The maximum absolute atomic E-state index is 12.6. The second-order valence-corrected chi connectivity index (χ2v) is 8.64.